The summed E-state index contributed by atoms with van der Waals surface area (Å²) in [6.07, 6.45) is 40.4. The van der Waals surface area contributed by atoms with E-state index in [1.165, 1.54) is 44.9 Å². The van der Waals surface area contributed by atoms with E-state index in [0.717, 1.165) is 35.1 Å². The zero-order valence-corrected chi connectivity index (χ0v) is 37.7. The fraction of sp³-hybridized carbons (Fsp3) is 0.596. The van der Waals surface area contributed by atoms with E-state index in [-0.39, 0.29) is 34.5 Å². The van der Waals surface area contributed by atoms with E-state index in [1.54, 1.807) is 12.2 Å². The Morgan fingerprint density at radius 1 is 0.526 bits per heavy atom. The van der Waals surface area contributed by atoms with Crippen molar-refractivity contribution >= 4 is 17.5 Å². The largest absolute Gasteiger partial charge is 0.462 e. The van der Waals surface area contributed by atoms with Gasteiger partial charge < -0.3 is 9.84 Å². The quantitative estimate of drug-likeness (QED) is 0.0483. The summed E-state index contributed by atoms with van der Waals surface area (Å²) in [5.74, 6) is 0.0235. The number of aliphatic hydroxyl groups is 1. The lowest BCUT2D eigenvalue weighted by Crippen LogP contribution is -2.36. The van der Waals surface area contributed by atoms with E-state index in [1.807, 2.05) is 114 Å². The lowest BCUT2D eigenvalue weighted by atomic mass is 9.66. The number of carbonyl (C=O) groups excluding carboxylic acids is 3. The standard InChI is InChI=1S/C52H78O5/c1-12-13-14-15-16-17-18-19-20-31-48(56)57-45-38-50(8,9)52(11,39-45)47(55)35-33-43(5)30-24-28-41(3)26-22-21-25-40(2)27-23-29-42(4)32-34-46(54)51(10)37-44(53)36-49(51,6)7/h21-30,32-35,44-45,53H,12-20,31,36-39H2,1-11H3/b22-21+,27-23+,28-24+,34-32+,35-33+,40-25+,41-26+,42-29+,43-30+/t44-,45-,51-,52-/m0/s1. The second-order valence-corrected chi connectivity index (χ2v) is 18.7. The van der Waals surface area contributed by atoms with Gasteiger partial charge in [-0.15, -0.1) is 0 Å². The average molecular weight is 783 g/mol. The molecule has 0 aromatic heterocycles. The highest BCUT2D eigenvalue weighted by Crippen LogP contribution is 2.54. The first-order chi connectivity index (χ1) is 26.8. The van der Waals surface area contributed by atoms with Gasteiger partial charge >= 0.3 is 5.97 Å². The zero-order chi connectivity index (χ0) is 42.7. The van der Waals surface area contributed by atoms with Crippen molar-refractivity contribution in [2.24, 2.45) is 21.7 Å². The molecule has 0 amide bonds. The van der Waals surface area contributed by atoms with Gasteiger partial charge in [-0.1, -0.05) is 195 Å². The summed E-state index contributed by atoms with van der Waals surface area (Å²) < 4.78 is 5.90. The molecule has 0 heterocycles. The Bertz CT molecular complexity index is 1620. The maximum absolute atomic E-state index is 13.5. The summed E-state index contributed by atoms with van der Waals surface area (Å²) in [7, 11) is 0. The maximum atomic E-state index is 13.5. The van der Waals surface area contributed by atoms with Crippen molar-refractivity contribution in [3.63, 3.8) is 0 Å². The number of carbonyl (C=O) groups is 3. The first-order valence-electron chi connectivity index (χ1n) is 21.8. The predicted molar refractivity (Wildman–Crippen MR) is 241 cm³/mol. The molecule has 2 aliphatic rings. The highest BCUT2D eigenvalue weighted by atomic mass is 16.5. The van der Waals surface area contributed by atoms with Gasteiger partial charge in [0.05, 0.1) is 6.10 Å². The highest BCUT2D eigenvalue weighted by molar-refractivity contribution is 5.96. The van der Waals surface area contributed by atoms with E-state index in [2.05, 4.69) is 34.6 Å². The first kappa shape index (κ1) is 49.6. The van der Waals surface area contributed by atoms with Gasteiger partial charge in [-0.2, -0.15) is 0 Å². The van der Waals surface area contributed by atoms with Gasteiger partial charge in [-0.05, 0) is 82.8 Å². The van der Waals surface area contributed by atoms with Gasteiger partial charge in [0.2, 0.25) is 0 Å². The number of ketones is 2. The molecular weight excluding hydrogens is 705 g/mol. The molecule has 0 unspecified atom stereocenters. The number of rotatable bonds is 23. The first-order valence-corrected chi connectivity index (χ1v) is 21.8. The second-order valence-electron chi connectivity index (χ2n) is 18.7. The number of hydrogen-bond acceptors (Lipinski definition) is 5. The van der Waals surface area contributed by atoms with Gasteiger partial charge in [0, 0.05) is 17.3 Å². The SMILES string of the molecule is CCCCCCCCCCCC(=O)O[C@H]1CC(C)(C)[C@](C)(C(=O)/C=C/C(C)=C/C=C/C(C)=C/C=C/C=C(C)/C=C/C=C(C)/C=C/C(=O)[C@]2(C)C[C@@H](O)CC2(C)C)C1. The molecule has 1 N–H and O–H groups in total. The minimum atomic E-state index is -0.595. The molecule has 0 spiro atoms. The number of ether oxygens (including phenoxy) is 1. The zero-order valence-electron chi connectivity index (χ0n) is 37.7. The van der Waals surface area contributed by atoms with Crippen molar-refractivity contribution in [2.45, 2.75) is 178 Å². The third-order valence-electron chi connectivity index (χ3n) is 12.9. The third kappa shape index (κ3) is 16.3. The highest BCUT2D eigenvalue weighted by Gasteiger charge is 2.54. The van der Waals surface area contributed by atoms with Gasteiger partial charge in [-0.25, -0.2) is 0 Å². The van der Waals surface area contributed by atoms with Gasteiger partial charge in [0.1, 0.15) is 6.10 Å². The van der Waals surface area contributed by atoms with Crippen LogP contribution in [0.3, 0.4) is 0 Å². The number of aliphatic hydroxyl groups excluding tert-OH is 1. The van der Waals surface area contributed by atoms with Crippen molar-refractivity contribution < 1.29 is 24.2 Å². The fourth-order valence-corrected chi connectivity index (χ4v) is 8.13. The minimum Gasteiger partial charge on any atom is -0.462 e. The van der Waals surface area contributed by atoms with E-state index in [0.29, 0.717) is 32.1 Å². The van der Waals surface area contributed by atoms with Crippen LogP contribution in [0.4, 0.5) is 0 Å². The van der Waals surface area contributed by atoms with Crippen LogP contribution in [0.1, 0.15) is 166 Å². The Kier molecular flexibility index (Phi) is 20.6. The summed E-state index contributed by atoms with van der Waals surface area (Å²) >= 11 is 0. The molecule has 4 atom stereocenters. The molecule has 2 saturated carbocycles. The molecule has 57 heavy (non-hydrogen) atoms. The Labute approximate surface area is 348 Å². The molecule has 0 aromatic carbocycles. The molecule has 5 nitrogen and oxygen atoms in total. The lowest BCUT2D eigenvalue weighted by Gasteiger charge is -2.35. The van der Waals surface area contributed by atoms with Crippen molar-refractivity contribution in [1.82, 2.24) is 0 Å². The van der Waals surface area contributed by atoms with Crippen LogP contribution in [-0.4, -0.2) is 34.9 Å². The number of allylic oxidation sites excluding steroid dienone is 18. The van der Waals surface area contributed by atoms with Crippen LogP contribution in [0.5, 0.6) is 0 Å². The molecule has 5 heteroatoms. The fourth-order valence-electron chi connectivity index (χ4n) is 8.13. The number of unbranched alkanes of at least 4 members (excludes halogenated alkanes) is 8. The monoisotopic (exact) mass is 783 g/mol. The molecule has 2 fully saturated rings. The molecule has 2 rings (SSSR count). The van der Waals surface area contributed by atoms with Crippen LogP contribution in [0, 0.1) is 21.7 Å². The van der Waals surface area contributed by atoms with Crippen molar-refractivity contribution in [1.29, 1.82) is 0 Å². The molecule has 0 radical (unpaired) electrons. The maximum Gasteiger partial charge on any atom is 0.306 e. The normalized spacial score (nSPS) is 26.0. The van der Waals surface area contributed by atoms with Gasteiger partial charge in [-0.3, -0.25) is 14.4 Å². The van der Waals surface area contributed by atoms with Crippen molar-refractivity contribution in [2.75, 3.05) is 0 Å². The van der Waals surface area contributed by atoms with Crippen LogP contribution >= 0.6 is 0 Å². The average Bonchev–Trinajstić information content (AvgIpc) is 3.50. The molecule has 0 bridgehead atoms. The van der Waals surface area contributed by atoms with E-state index >= 15 is 0 Å². The summed E-state index contributed by atoms with van der Waals surface area (Å²) in [5, 5.41) is 10.1. The van der Waals surface area contributed by atoms with Crippen LogP contribution in [-0.2, 0) is 19.1 Å². The lowest BCUT2D eigenvalue weighted by molar-refractivity contribution is -0.149. The Balaban J connectivity index is 1.82. The Hall–Kier alpha value is -3.57. The summed E-state index contributed by atoms with van der Waals surface area (Å²) in [6.45, 7) is 22.7. The van der Waals surface area contributed by atoms with Gasteiger partial charge in [0.15, 0.2) is 11.6 Å². The van der Waals surface area contributed by atoms with Crippen LogP contribution in [0.2, 0.25) is 0 Å². The smallest absolute Gasteiger partial charge is 0.306 e. The summed E-state index contributed by atoms with van der Waals surface area (Å²) in [5.41, 5.74) is 2.51. The second kappa shape index (κ2) is 23.7. The van der Waals surface area contributed by atoms with Gasteiger partial charge in [0.25, 0.3) is 0 Å². The van der Waals surface area contributed by atoms with Crippen molar-refractivity contribution in [3.05, 3.63) is 107 Å². The summed E-state index contributed by atoms with van der Waals surface area (Å²) in [6, 6.07) is 0. The molecule has 0 saturated heterocycles. The Morgan fingerprint density at radius 3 is 1.39 bits per heavy atom. The molecule has 316 valence electrons. The van der Waals surface area contributed by atoms with Crippen LogP contribution < -0.4 is 0 Å². The summed E-state index contributed by atoms with van der Waals surface area (Å²) in [4.78, 5) is 39.2. The van der Waals surface area contributed by atoms with Crippen LogP contribution in [0.25, 0.3) is 0 Å². The topological polar surface area (TPSA) is 80.7 Å². The van der Waals surface area contributed by atoms with Crippen molar-refractivity contribution in [3.8, 4) is 0 Å². The Morgan fingerprint density at radius 2 is 0.930 bits per heavy atom. The molecule has 2 aliphatic carbocycles. The van der Waals surface area contributed by atoms with Crippen LogP contribution in [0.15, 0.2) is 107 Å². The predicted octanol–water partition coefficient (Wildman–Crippen LogP) is 13.5. The number of hydrogen-bond donors (Lipinski definition) is 1. The van der Waals surface area contributed by atoms with E-state index < -0.39 is 16.9 Å². The van der Waals surface area contributed by atoms with E-state index in [9.17, 15) is 19.5 Å². The molecule has 0 aromatic rings. The van der Waals surface area contributed by atoms with E-state index in [4.69, 9.17) is 4.74 Å². The minimum absolute atomic E-state index is 0.0722. The molecule has 0 aliphatic heterocycles. The third-order valence-corrected chi connectivity index (χ3v) is 12.9. The molecular formula is C52H78O5. The number of esters is 1.